The Morgan fingerprint density at radius 3 is 2.26 bits per heavy atom. The van der Waals surface area contributed by atoms with Gasteiger partial charge in [0.1, 0.15) is 5.75 Å². The lowest BCUT2D eigenvalue weighted by molar-refractivity contribution is -0.132. The third kappa shape index (κ3) is 1.65. The molecule has 23 heavy (non-hydrogen) atoms. The van der Waals surface area contributed by atoms with Crippen LogP contribution in [0.5, 0.6) is 5.75 Å². The topological polar surface area (TPSA) is 63.7 Å². The predicted molar refractivity (Wildman–Crippen MR) is 80.4 cm³/mol. The number of ether oxygens (including phenoxy) is 1. The molecule has 118 valence electrons. The first-order valence-electron chi connectivity index (χ1n) is 8.22. The van der Waals surface area contributed by atoms with Gasteiger partial charge in [-0.2, -0.15) is 0 Å². The van der Waals surface area contributed by atoms with Crippen molar-refractivity contribution in [2.75, 3.05) is 4.90 Å². The average molecular weight is 311 g/mol. The molecule has 1 aliphatic heterocycles. The van der Waals surface area contributed by atoms with Gasteiger partial charge < -0.3 is 4.74 Å². The highest BCUT2D eigenvalue weighted by molar-refractivity contribution is 6.22. The summed E-state index contributed by atoms with van der Waals surface area (Å²) in [7, 11) is 0. The quantitative estimate of drug-likeness (QED) is 0.476. The van der Waals surface area contributed by atoms with Crippen LogP contribution in [0.1, 0.15) is 19.8 Å². The molecule has 1 saturated heterocycles. The van der Waals surface area contributed by atoms with Gasteiger partial charge in [-0.25, -0.2) is 4.90 Å². The Labute approximate surface area is 133 Å². The van der Waals surface area contributed by atoms with Crippen LogP contribution < -0.4 is 9.64 Å². The highest BCUT2D eigenvalue weighted by Crippen LogP contribution is 2.71. The first kappa shape index (κ1) is 13.3. The molecule has 1 aromatic carbocycles. The molecular formula is C18H17NO4. The number of rotatable bonds is 2. The highest BCUT2D eigenvalue weighted by atomic mass is 16.5. The second-order valence-corrected chi connectivity index (χ2v) is 7.28. The molecular weight excluding hydrogens is 294 g/mol. The molecule has 5 heteroatoms. The minimum atomic E-state index is -0.420. The van der Waals surface area contributed by atoms with Crippen molar-refractivity contribution >= 4 is 23.5 Å². The smallest absolute Gasteiger partial charge is 0.308 e. The van der Waals surface area contributed by atoms with E-state index in [2.05, 4.69) is 0 Å². The molecule has 0 spiro atoms. The van der Waals surface area contributed by atoms with Crippen LogP contribution in [0, 0.1) is 35.5 Å². The van der Waals surface area contributed by atoms with E-state index in [1.54, 1.807) is 24.3 Å². The van der Waals surface area contributed by atoms with E-state index in [9.17, 15) is 14.4 Å². The molecule has 6 unspecified atom stereocenters. The van der Waals surface area contributed by atoms with Crippen LogP contribution in [-0.2, 0) is 14.4 Å². The number of carbonyl (C=O) groups is 3. The van der Waals surface area contributed by atoms with Gasteiger partial charge in [-0.05, 0) is 48.6 Å². The summed E-state index contributed by atoms with van der Waals surface area (Å²) in [4.78, 5) is 38.2. The SMILES string of the molecule is CC(=O)Oc1cccc(N2C(=O)C3C4CC(C5CC54)C3C2=O)c1. The van der Waals surface area contributed by atoms with Crippen LogP contribution in [-0.4, -0.2) is 17.8 Å². The van der Waals surface area contributed by atoms with Crippen molar-refractivity contribution < 1.29 is 19.1 Å². The first-order chi connectivity index (χ1) is 11.1. The van der Waals surface area contributed by atoms with Gasteiger partial charge in [0.05, 0.1) is 17.5 Å². The maximum Gasteiger partial charge on any atom is 0.308 e. The maximum atomic E-state index is 12.9. The molecule has 0 aromatic heterocycles. The van der Waals surface area contributed by atoms with E-state index in [-0.39, 0.29) is 23.7 Å². The van der Waals surface area contributed by atoms with E-state index >= 15 is 0 Å². The summed E-state index contributed by atoms with van der Waals surface area (Å²) in [6.45, 7) is 1.33. The van der Waals surface area contributed by atoms with Gasteiger partial charge in [0.25, 0.3) is 0 Å². The molecule has 2 amide bonds. The minimum absolute atomic E-state index is 0.0576. The molecule has 5 rings (SSSR count). The van der Waals surface area contributed by atoms with E-state index in [0.29, 0.717) is 35.1 Å². The van der Waals surface area contributed by atoms with Crippen molar-refractivity contribution in [1.82, 2.24) is 0 Å². The van der Waals surface area contributed by atoms with E-state index in [4.69, 9.17) is 4.74 Å². The molecule has 4 fully saturated rings. The van der Waals surface area contributed by atoms with E-state index < -0.39 is 5.97 Å². The van der Waals surface area contributed by atoms with Crippen molar-refractivity contribution in [1.29, 1.82) is 0 Å². The number of anilines is 1. The van der Waals surface area contributed by atoms with Crippen molar-refractivity contribution in [2.24, 2.45) is 35.5 Å². The van der Waals surface area contributed by atoms with Crippen LogP contribution in [0.3, 0.4) is 0 Å². The number of benzene rings is 1. The number of nitrogens with zero attached hydrogens (tertiary/aromatic N) is 1. The maximum absolute atomic E-state index is 12.9. The van der Waals surface area contributed by atoms with Gasteiger partial charge in [0.15, 0.2) is 0 Å². The summed E-state index contributed by atoms with van der Waals surface area (Å²) < 4.78 is 5.07. The number of imide groups is 1. The number of esters is 1. The number of carbonyl (C=O) groups excluding carboxylic acids is 3. The minimum Gasteiger partial charge on any atom is -0.427 e. The fraction of sp³-hybridized carbons (Fsp3) is 0.500. The number of amides is 2. The van der Waals surface area contributed by atoms with Crippen molar-refractivity contribution in [3.63, 3.8) is 0 Å². The first-order valence-corrected chi connectivity index (χ1v) is 8.22. The fourth-order valence-electron chi connectivity index (χ4n) is 5.43. The summed E-state index contributed by atoms with van der Waals surface area (Å²) in [5, 5.41) is 0. The molecule has 2 bridgehead atoms. The Morgan fingerprint density at radius 1 is 1.04 bits per heavy atom. The van der Waals surface area contributed by atoms with Crippen LogP contribution in [0.25, 0.3) is 0 Å². The van der Waals surface area contributed by atoms with E-state index in [0.717, 1.165) is 6.42 Å². The zero-order valence-electron chi connectivity index (χ0n) is 12.8. The molecule has 3 aliphatic carbocycles. The van der Waals surface area contributed by atoms with Crippen molar-refractivity contribution in [2.45, 2.75) is 19.8 Å². The van der Waals surface area contributed by atoms with Gasteiger partial charge in [-0.3, -0.25) is 14.4 Å². The van der Waals surface area contributed by atoms with Gasteiger partial charge in [0, 0.05) is 13.0 Å². The Balaban J connectivity index is 1.49. The lowest BCUT2D eigenvalue weighted by Crippen LogP contribution is -2.33. The Kier molecular flexibility index (Phi) is 2.44. The van der Waals surface area contributed by atoms with E-state index in [1.165, 1.54) is 18.2 Å². The molecule has 5 nitrogen and oxygen atoms in total. The molecule has 0 radical (unpaired) electrons. The summed E-state index contributed by atoms with van der Waals surface area (Å²) in [5.41, 5.74) is 0.515. The summed E-state index contributed by atoms with van der Waals surface area (Å²) in [5.74, 6) is 1.78. The molecule has 6 atom stereocenters. The van der Waals surface area contributed by atoms with Crippen LogP contribution >= 0.6 is 0 Å². The monoisotopic (exact) mass is 311 g/mol. The van der Waals surface area contributed by atoms with Gasteiger partial charge in [-0.1, -0.05) is 6.07 Å². The highest BCUT2D eigenvalue weighted by Gasteiger charge is 2.71. The van der Waals surface area contributed by atoms with Gasteiger partial charge in [0.2, 0.25) is 11.8 Å². The van der Waals surface area contributed by atoms with Crippen molar-refractivity contribution in [3.05, 3.63) is 24.3 Å². The van der Waals surface area contributed by atoms with Crippen LogP contribution in [0.4, 0.5) is 5.69 Å². The Hall–Kier alpha value is -2.17. The number of fused-ring (bicyclic) bond motifs is 8. The lowest BCUT2D eigenvalue weighted by Gasteiger charge is -2.18. The van der Waals surface area contributed by atoms with Crippen LogP contribution in [0.15, 0.2) is 24.3 Å². The molecule has 1 aromatic rings. The molecule has 4 aliphatic rings. The standard InChI is InChI=1S/C18H17NO4/c1-8(20)23-10-4-2-3-9(5-10)19-17(21)15-13-7-14(12-6-11(12)13)16(15)18(19)22/h2-5,11-16H,6-7H2,1H3. The Morgan fingerprint density at radius 2 is 1.65 bits per heavy atom. The summed E-state index contributed by atoms with van der Waals surface area (Å²) in [6.07, 6.45) is 2.27. The van der Waals surface area contributed by atoms with Gasteiger partial charge >= 0.3 is 5.97 Å². The second-order valence-electron chi connectivity index (χ2n) is 7.28. The van der Waals surface area contributed by atoms with Crippen LogP contribution in [0.2, 0.25) is 0 Å². The normalized spacial score (nSPS) is 39.4. The van der Waals surface area contributed by atoms with Crippen molar-refractivity contribution in [3.8, 4) is 5.75 Å². The third-order valence-corrected chi connectivity index (χ3v) is 6.19. The summed E-state index contributed by atoms with van der Waals surface area (Å²) >= 11 is 0. The van der Waals surface area contributed by atoms with E-state index in [1.807, 2.05) is 0 Å². The Bertz CT molecular complexity index is 725. The molecule has 3 saturated carbocycles. The number of hydrogen-bond donors (Lipinski definition) is 0. The lowest BCUT2D eigenvalue weighted by atomic mass is 9.81. The average Bonchev–Trinajstić information content (AvgIpc) is 3.01. The summed E-state index contributed by atoms with van der Waals surface area (Å²) in [6, 6.07) is 6.68. The third-order valence-electron chi connectivity index (χ3n) is 6.19. The molecule has 1 heterocycles. The molecule has 0 N–H and O–H groups in total. The largest absolute Gasteiger partial charge is 0.427 e. The fourth-order valence-corrected chi connectivity index (χ4v) is 5.43. The zero-order valence-corrected chi connectivity index (χ0v) is 12.8. The zero-order chi connectivity index (χ0) is 15.9. The predicted octanol–water partition coefficient (Wildman–Crippen LogP) is 2.00. The number of hydrogen-bond acceptors (Lipinski definition) is 4. The van der Waals surface area contributed by atoms with Gasteiger partial charge in [-0.15, -0.1) is 0 Å². The second kappa shape index (κ2) is 4.22.